The summed E-state index contributed by atoms with van der Waals surface area (Å²) in [6, 6.07) is 0.891. The molecule has 0 saturated carbocycles. The largest absolute Gasteiger partial charge is 0.207 e. The van der Waals surface area contributed by atoms with E-state index in [4.69, 9.17) is 11.6 Å². The minimum atomic E-state index is -0.597. The first-order valence-corrected chi connectivity index (χ1v) is 4.77. The van der Waals surface area contributed by atoms with Crippen LogP contribution in [0.1, 0.15) is 31.9 Å². The smallest absolute Gasteiger partial charge is 0.131 e. The van der Waals surface area contributed by atoms with Crippen LogP contribution in [0.25, 0.3) is 0 Å². The molecular weight excluding hydrogens is 206 g/mol. The monoisotopic (exact) mass is 218 g/mol. The topological polar surface area (TPSA) is 0 Å². The summed E-state index contributed by atoms with van der Waals surface area (Å²) in [5.74, 6) is -1.17. The average molecular weight is 219 g/mol. The van der Waals surface area contributed by atoms with E-state index in [9.17, 15) is 8.78 Å². The lowest BCUT2D eigenvalue weighted by Gasteiger charge is -2.22. The fourth-order valence-electron chi connectivity index (χ4n) is 1.38. The van der Waals surface area contributed by atoms with E-state index in [1.807, 2.05) is 20.8 Å². The average Bonchev–Trinajstić information content (AvgIpc) is 1.97. The zero-order chi connectivity index (χ0) is 11.1. The Hall–Kier alpha value is -0.630. The predicted molar refractivity (Wildman–Crippen MR) is 54.8 cm³/mol. The van der Waals surface area contributed by atoms with Crippen LogP contribution in [-0.4, -0.2) is 0 Å². The molecule has 0 fully saturated rings. The minimum Gasteiger partial charge on any atom is -0.207 e. The Morgan fingerprint density at radius 2 is 1.64 bits per heavy atom. The Morgan fingerprint density at radius 1 is 1.14 bits per heavy atom. The summed E-state index contributed by atoms with van der Waals surface area (Å²) in [4.78, 5) is 0. The number of halogens is 3. The van der Waals surface area contributed by atoms with Crippen molar-refractivity contribution in [1.82, 2.24) is 0 Å². The summed E-state index contributed by atoms with van der Waals surface area (Å²) in [5.41, 5.74) is 0.260. The maximum atomic E-state index is 13.5. The molecule has 0 aliphatic rings. The van der Waals surface area contributed by atoms with Crippen LogP contribution in [0.15, 0.2) is 6.07 Å². The van der Waals surface area contributed by atoms with Gasteiger partial charge in [-0.15, -0.1) is 0 Å². The molecule has 0 aliphatic heterocycles. The van der Waals surface area contributed by atoms with E-state index in [1.165, 1.54) is 0 Å². The molecular formula is C11H13ClF2. The van der Waals surface area contributed by atoms with Crippen molar-refractivity contribution in [3.8, 4) is 0 Å². The molecule has 3 heteroatoms. The van der Waals surface area contributed by atoms with Crippen molar-refractivity contribution < 1.29 is 8.78 Å². The van der Waals surface area contributed by atoms with Gasteiger partial charge in [-0.1, -0.05) is 32.4 Å². The summed E-state index contributed by atoms with van der Waals surface area (Å²) in [7, 11) is 0. The molecule has 0 heterocycles. The molecule has 0 bridgehead atoms. The number of rotatable bonds is 0. The van der Waals surface area contributed by atoms with Crippen LogP contribution in [-0.2, 0) is 5.41 Å². The van der Waals surface area contributed by atoms with Gasteiger partial charge in [-0.05, 0) is 12.3 Å². The van der Waals surface area contributed by atoms with E-state index >= 15 is 0 Å². The normalized spacial score (nSPS) is 11.9. The van der Waals surface area contributed by atoms with E-state index < -0.39 is 17.0 Å². The molecule has 0 amide bonds. The maximum absolute atomic E-state index is 13.5. The van der Waals surface area contributed by atoms with Gasteiger partial charge in [0.15, 0.2) is 0 Å². The maximum Gasteiger partial charge on any atom is 0.131 e. The van der Waals surface area contributed by atoms with Crippen molar-refractivity contribution in [2.24, 2.45) is 0 Å². The number of hydrogen-bond donors (Lipinski definition) is 0. The van der Waals surface area contributed by atoms with E-state index in [1.54, 1.807) is 6.92 Å². The Morgan fingerprint density at radius 3 is 2.07 bits per heavy atom. The first kappa shape index (κ1) is 11.4. The fourth-order valence-corrected chi connectivity index (χ4v) is 1.84. The van der Waals surface area contributed by atoms with Crippen molar-refractivity contribution in [1.29, 1.82) is 0 Å². The molecule has 14 heavy (non-hydrogen) atoms. The van der Waals surface area contributed by atoms with Gasteiger partial charge in [-0.3, -0.25) is 0 Å². The predicted octanol–water partition coefficient (Wildman–Crippen LogP) is 4.22. The molecule has 0 saturated heterocycles. The van der Waals surface area contributed by atoms with Crippen LogP contribution in [0.4, 0.5) is 8.78 Å². The van der Waals surface area contributed by atoms with Crippen LogP contribution in [0.3, 0.4) is 0 Å². The Bertz CT molecular complexity index is 365. The summed E-state index contributed by atoms with van der Waals surface area (Å²) < 4.78 is 26.5. The molecule has 0 aliphatic carbocycles. The van der Waals surface area contributed by atoms with Gasteiger partial charge in [0.2, 0.25) is 0 Å². The zero-order valence-corrected chi connectivity index (χ0v) is 9.47. The standard InChI is InChI=1S/C11H13ClF2/c1-6-7(13)5-8(14)9(10(6)12)11(2,3)4/h5H,1-4H3. The Labute approximate surface area is 87.9 Å². The highest BCUT2D eigenvalue weighted by Crippen LogP contribution is 2.34. The lowest BCUT2D eigenvalue weighted by Crippen LogP contribution is -2.15. The third-order valence-corrected chi connectivity index (χ3v) is 2.62. The number of hydrogen-bond acceptors (Lipinski definition) is 0. The van der Waals surface area contributed by atoms with Crippen molar-refractivity contribution in [2.45, 2.75) is 33.1 Å². The third kappa shape index (κ3) is 1.90. The Kier molecular flexibility index (Phi) is 2.86. The highest BCUT2D eigenvalue weighted by atomic mass is 35.5. The molecule has 1 aromatic carbocycles. The molecule has 0 atom stereocenters. The lowest BCUT2D eigenvalue weighted by molar-refractivity contribution is 0.509. The molecule has 0 nitrogen and oxygen atoms in total. The Balaban J connectivity index is 3.53. The van der Waals surface area contributed by atoms with Gasteiger partial charge >= 0.3 is 0 Å². The molecule has 1 rings (SSSR count). The van der Waals surface area contributed by atoms with Gasteiger partial charge in [0.25, 0.3) is 0 Å². The molecule has 0 spiro atoms. The van der Waals surface area contributed by atoms with Crippen molar-refractivity contribution in [3.63, 3.8) is 0 Å². The second-order valence-corrected chi connectivity index (χ2v) is 4.78. The van der Waals surface area contributed by atoms with Crippen molar-refractivity contribution in [2.75, 3.05) is 0 Å². The van der Waals surface area contributed by atoms with E-state index in [-0.39, 0.29) is 5.02 Å². The highest BCUT2D eigenvalue weighted by Gasteiger charge is 2.24. The molecule has 1 aromatic rings. The summed E-state index contributed by atoms with van der Waals surface area (Å²) in [5, 5.41) is 0.190. The minimum absolute atomic E-state index is 0.190. The molecule has 0 radical (unpaired) electrons. The highest BCUT2D eigenvalue weighted by molar-refractivity contribution is 6.32. The number of benzene rings is 1. The van der Waals surface area contributed by atoms with Crippen molar-refractivity contribution in [3.05, 3.63) is 33.9 Å². The zero-order valence-electron chi connectivity index (χ0n) is 8.71. The molecule has 0 unspecified atom stereocenters. The van der Waals surface area contributed by atoms with Crippen LogP contribution >= 0.6 is 11.6 Å². The molecule has 0 N–H and O–H groups in total. The van der Waals surface area contributed by atoms with Gasteiger partial charge in [0.1, 0.15) is 11.6 Å². The second-order valence-electron chi connectivity index (χ2n) is 4.40. The SMILES string of the molecule is Cc1c(F)cc(F)c(C(C)(C)C)c1Cl. The molecule has 78 valence electrons. The van der Waals surface area contributed by atoms with Gasteiger partial charge in [-0.2, -0.15) is 0 Å². The second kappa shape index (κ2) is 3.50. The first-order valence-electron chi connectivity index (χ1n) is 4.39. The fraction of sp³-hybridized carbons (Fsp3) is 0.455. The lowest BCUT2D eigenvalue weighted by atomic mass is 9.85. The van der Waals surface area contributed by atoms with Crippen LogP contribution < -0.4 is 0 Å². The third-order valence-electron chi connectivity index (χ3n) is 2.15. The quantitative estimate of drug-likeness (QED) is 0.612. The summed E-state index contributed by atoms with van der Waals surface area (Å²) in [6.45, 7) is 7.07. The van der Waals surface area contributed by atoms with Gasteiger partial charge < -0.3 is 0 Å². The molecule has 0 aromatic heterocycles. The summed E-state index contributed by atoms with van der Waals surface area (Å²) >= 11 is 5.91. The van der Waals surface area contributed by atoms with E-state index in [0.29, 0.717) is 11.1 Å². The van der Waals surface area contributed by atoms with Crippen molar-refractivity contribution >= 4 is 11.6 Å². The summed E-state index contributed by atoms with van der Waals surface area (Å²) in [6.07, 6.45) is 0. The van der Waals surface area contributed by atoms with Crippen LogP contribution in [0.2, 0.25) is 5.02 Å². The van der Waals surface area contributed by atoms with Crippen LogP contribution in [0, 0.1) is 18.6 Å². The van der Waals surface area contributed by atoms with Gasteiger partial charge in [0.05, 0.1) is 5.02 Å². The van der Waals surface area contributed by atoms with E-state index in [2.05, 4.69) is 0 Å². The van der Waals surface area contributed by atoms with Crippen LogP contribution in [0.5, 0.6) is 0 Å². The van der Waals surface area contributed by atoms with Gasteiger partial charge in [0, 0.05) is 17.2 Å². The van der Waals surface area contributed by atoms with Gasteiger partial charge in [-0.25, -0.2) is 8.78 Å². The first-order chi connectivity index (χ1) is 6.25. The van der Waals surface area contributed by atoms with E-state index in [0.717, 1.165) is 6.07 Å².